The largest absolute Gasteiger partial charge is 0.417 e. The fourth-order valence-corrected chi connectivity index (χ4v) is 0.979. The monoisotopic (exact) mass is 223 g/mol. The molecular formula is C8H5ClF3NO. The number of rotatable bonds is 2. The summed E-state index contributed by atoms with van der Waals surface area (Å²) < 4.78 is 36.5. The van der Waals surface area contributed by atoms with E-state index in [1.54, 1.807) is 0 Å². The first-order valence-electron chi connectivity index (χ1n) is 3.56. The SMILES string of the molecule is O=C(CCl)c1cncc(C(F)(F)F)c1. The summed E-state index contributed by atoms with van der Waals surface area (Å²) in [5.74, 6) is -0.937. The quantitative estimate of drug-likeness (QED) is 0.570. The Balaban J connectivity index is 3.08. The normalized spacial score (nSPS) is 11.4. The number of hydrogen-bond acceptors (Lipinski definition) is 2. The number of Topliss-reactive ketones (excluding diaryl/α,β-unsaturated/α-hetero) is 1. The van der Waals surface area contributed by atoms with Crippen LogP contribution in [0.2, 0.25) is 0 Å². The molecule has 0 aliphatic rings. The Kier molecular flexibility index (Phi) is 3.10. The average molecular weight is 224 g/mol. The second-order valence-electron chi connectivity index (χ2n) is 2.52. The summed E-state index contributed by atoms with van der Waals surface area (Å²) in [5.41, 5.74) is -1.08. The summed E-state index contributed by atoms with van der Waals surface area (Å²) in [6, 6.07) is 0.734. The van der Waals surface area contributed by atoms with Crippen LogP contribution in [0.15, 0.2) is 18.5 Å². The zero-order chi connectivity index (χ0) is 10.8. The number of carbonyl (C=O) groups excluding carboxylic acids is 1. The fraction of sp³-hybridized carbons (Fsp3) is 0.250. The molecule has 0 spiro atoms. The van der Waals surface area contributed by atoms with Crippen molar-refractivity contribution in [1.29, 1.82) is 0 Å². The molecule has 2 nitrogen and oxygen atoms in total. The van der Waals surface area contributed by atoms with E-state index in [9.17, 15) is 18.0 Å². The lowest BCUT2D eigenvalue weighted by atomic mass is 10.1. The van der Waals surface area contributed by atoms with Crippen molar-refractivity contribution in [1.82, 2.24) is 4.98 Å². The van der Waals surface area contributed by atoms with Crippen LogP contribution in [0, 0.1) is 0 Å². The highest BCUT2D eigenvalue weighted by atomic mass is 35.5. The van der Waals surface area contributed by atoms with E-state index in [1.807, 2.05) is 0 Å². The maximum atomic E-state index is 12.2. The van der Waals surface area contributed by atoms with Crippen LogP contribution in [0.3, 0.4) is 0 Å². The summed E-state index contributed by atoms with van der Waals surface area (Å²) in [5, 5.41) is 0. The lowest BCUT2D eigenvalue weighted by Gasteiger charge is -2.06. The third-order valence-electron chi connectivity index (χ3n) is 1.51. The van der Waals surface area contributed by atoms with E-state index in [0.29, 0.717) is 6.20 Å². The second-order valence-corrected chi connectivity index (χ2v) is 2.78. The molecule has 0 aromatic carbocycles. The van der Waals surface area contributed by atoms with Gasteiger partial charge in [-0.2, -0.15) is 13.2 Å². The van der Waals surface area contributed by atoms with Gasteiger partial charge in [-0.3, -0.25) is 9.78 Å². The second kappa shape index (κ2) is 3.96. The lowest BCUT2D eigenvalue weighted by molar-refractivity contribution is -0.137. The zero-order valence-corrected chi connectivity index (χ0v) is 7.56. The highest BCUT2D eigenvalue weighted by molar-refractivity contribution is 6.30. The van der Waals surface area contributed by atoms with Gasteiger partial charge in [-0.25, -0.2) is 0 Å². The van der Waals surface area contributed by atoms with Crippen LogP contribution in [0.5, 0.6) is 0 Å². The first-order valence-corrected chi connectivity index (χ1v) is 4.10. The Morgan fingerprint density at radius 1 is 1.43 bits per heavy atom. The predicted molar refractivity (Wildman–Crippen MR) is 44.3 cm³/mol. The van der Waals surface area contributed by atoms with Gasteiger partial charge in [-0.15, -0.1) is 11.6 Å². The van der Waals surface area contributed by atoms with Crippen molar-refractivity contribution in [2.75, 3.05) is 5.88 Å². The topological polar surface area (TPSA) is 30.0 Å². The molecule has 0 bridgehead atoms. The van der Waals surface area contributed by atoms with Crippen LogP contribution in [0.1, 0.15) is 15.9 Å². The van der Waals surface area contributed by atoms with Crippen molar-refractivity contribution in [3.63, 3.8) is 0 Å². The number of aromatic nitrogens is 1. The first kappa shape index (κ1) is 11.0. The van der Waals surface area contributed by atoms with Crippen LogP contribution >= 0.6 is 11.6 Å². The highest BCUT2D eigenvalue weighted by Crippen LogP contribution is 2.28. The van der Waals surface area contributed by atoms with Crippen molar-refractivity contribution in [2.45, 2.75) is 6.18 Å². The van der Waals surface area contributed by atoms with Gasteiger partial charge < -0.3 is 0 Å². The molecule has 1 aromatic heterocycles. The molecule has 76 valence electrons. The van der Waals surface area contributed by atoms with Crippen molar-refractivity contribution >= 4 is 17.4 Å². The molecule has 0 saturated carbocycles. The Labute approximate surface area is 82.7 Å². The number of hydrogen-bond donors (Lipinski definition) is 0. The summed E-state index contributed by atoms with van der Waals surface area (Å²) >= 11 is 5.19. The molecule has 1 heterocycles. The Hall–Kier alpha value is -1.10. The lowest BCUT2D eigenvalue weighted by Crippen LogP contribution is -2.09. The van der Waals surface area contributed by atoms with Gasteiger partial charge in [0.15, 0.2) is 5.78 Å². The molecule has 14 heavy (non-hydrogen) atoms. The molecule has 0 N–H and O–H groups in total. The fourth-order valence-electron chi connectivity index (χ4n) is 0.825. The Bertz CT molecular complexity index is 351. The summed E-state index contributed by atoms with van der Waals surface area (Å²) in [4.78, 5) is 14.3. The number of carbonyl (C=O) groups is 1. The number of pyridine rings is 1. The summed E-state index contributed by atoms with van der Waals surface area (Å²) in [7, 11) is 0. The maximum absolute atomic E-state index is 12.2. The summed E-state index contributed by atoms with van der Waals surface area (Å²) in [6.45, 7) is 0. The third-order valence-corrected chi connectivity index (χ3v) is 1.75. The minimum Gasteiger partial charge on any atom is -0.293 e. The molecule has 0 fully saturated rings. The zero-order valence-electron chi connectivity index (χ0n) is 6.81. The highest BCUT2D eigenvalue weighted by Gasteiger charge is 2.31. The van der Waals surface area contributed by atoms with Gasteiger partial charge >= 0.3 is 6.18 Å². The van der Waals surface area contributed by atoms with Crippen molar-refractivity contribution < 1.29 is 18.0 Å². The van der Waals surface area contributed by atoms with Crippen molar-refractivity contribution in [3.8, 4) is 0 Å². The summed E-state index contributed by atoms with van der Waals surface area (Å²) in [6.07, 6.45) is -2.78. The van der Waals surface area contributed by atoms with E-state index in [-0.39, 0.29) is 11.4 Å². The maximum Gasteiger partial charge on any atom is 0.417 e. The van der Waals surface area contributed by atoms with Gasteiger partial charge in [0, 0.05) is 18.0 Å². The average Bonchev–Trinajstić information content (AvgIpc) is 2.15. The van der Waals surface area contributed by atoms with Gasteiger partial charge in [0.05, 0.1) is 11.4 Å². The first-order chi connectivity index (χ1) is 6.45. The number of ketones is 1. The van der Waals surface area contributed by atoms with E-state index in [4.69, 9.17) is 11.6 Å². The molecule has 0 aliphatic carbocycles. The minimum absolute atomic E-state index is 0.130. The van der Waals surface area contributed by atoms with Gasteiger partial charge in [-0.05, 0) is 6.07 Å². The standard InChI is InChI=1S/C8H5ClF3NO/c9-2-7(14)5-1-6(4-13-3-5)8(10,11)12/h1,3-4H,2H2. The van der Waals surface area contributed by atoms with E-state index in [2.05, 4.69) is 4.98 Å². The van der Waals surface area contributed by atoms with Crippen LogP contribution in [-0.4, -0.2) is 16.6 Å². The van der Waals surface area contributed by atoms with E-state index in [1.165, 1.54) is 0 Å². The Morgan fingerprint density at radius 2 is 2.07 bits per heavy atom. The van der Waals surface area contributed by atoms with Gasteiger partial charge in [0.2, 0.25) is 0 Å². The van der Waals surface area contributed by atoms with Crippen molar-refractivity contribution in [3.05, 3.63) is 29.6 Å². The van der Waals surface area contributed by atoms with Crippen LogP contribution in [0.25, 0.3) is 0 Å². The van der Waals surface area contributed by atoms with Crippen LogP contribution in [-0.2, 0) is 6.18 Å². The molecule has 1 aromatic rings. The molecule has 0 radical (unpaired) electrons. The van der Waals surface area contributed by atoms with Gasteiger partial charge in [-0.1, -0.05) is 0 Å². The van der Waals surface area contributed by atoms with Crippen molar-refractivity contribution in [2.24, 2.45) is 0 Å². The number of alkyl halides is 4. The van der Waals surface area contributed by atoms with E-state index in [0.717, 1.165) is 12.3 Å². The number of nitrogens with zero attached hydrogens (tertiary/aromatic N) is 1. The molecule has 1 rings (SSSR count). The van der Waals surface area contributed by atoms with Crippen LogP contribution in [0.4, 0.5) is 13.2 Å². The van der Waals surface area contributed by atoms with Gasteiger partial charge in [0.1, 0.15) is 0 Å². The predicted octanol–water partition coefficient (Wildman–Crippen LogP) is 2.52. The molecule has 0 saturated heterocycles. The van der Waals surface area contributed by atoms with Gasteiger partial charge in [0.25, 0.3) is 0 Å². The van der Waals surface area contributed by atoms with Crippen LogP contribution < -0.4 is 0 Å². The number of halogens is 4. The molecule has 0 unspecified atom stereocenters. The molecule has 0 atom stereocenters. The minimum atomic E-state index is -4.49. The molecule has 0 amide bonds. The smallest absolute Gasteiger partial charge is 0.293 e. The third kappa shape index (κ3) is 2.45. The van der Waals surface area contributed by atoms with E-state index < -0.39 is 17.5 Å². The molecule has 6 heteroatoms. The molecule has 0 aliphatic heterocycles. The van der Waals surface area contributed by atoms with E-state index >= 15 is 0 Å². The molecular weight excluding hydrogens is 219 g/mol. The Morgan fingerprint density at radius 3 is 2.57 bits per heavy atom.